The maximum absolute atomic E-state index is 13.2. The van der Waals surface area contributed by atoms with Crippen LogP contribution in [0.2, 0.25) is 5.15 Å². The number of unbranched alkanes of at least 4 members (excludes halogenated alkanes) is 2. The average molecular weight is 466 g/mol. The first-order valence-corrected chi connectivity index (χ1v) is 11.8. The fraction of sp³-hybridized carbons (Fsp3) is 0.375. The number of nitrogens with zero attached hydrogens (tertiary/aromatic N) is 6. The molecule has 0 spiro atoms. The predicted molar refractivity (Wildman–Crippen MR) is 129 cm³/mol. The molecule has 0 bridgehead atoms. The summed E-state index contributed by atoms with van der Waals surface area (Å²) >= 11 is 6.65. The number of halogens is 1. The second-order valence-corrected chi connectivity index (χ2v) is 8.40. The first kappa shape index (κ1) is 22.9. The molecule has 1 N–H and O–H groups in total. The van der Waals surface area contributed by atoms with Gasteiger partial charge in [-0.1, -0.05) is 75.0 Å². The molecular weight excluding hydrogens is 438 g/mol. The van der Waals surface area contributed by atoms with Gasteiger partial charge in [-0.3, -0.25) is 14.1 Å². The Hall–Kier alpha value is -3.26. The SMILES string of the molecule is CCCCCn1c(Cl)c(CCC)n(Cc2ccc(-c3cccnc3-c3nn[nH]n3)cc2)c1=O. The predicted octanol–water partition coefficient (Wildman–Crippen LogP) is 4.74. The zero-order valence-corrected chi connectivity index (χ0v) is 19.7. The van der Waals surface area contributed by atoms with Crippen LogP contribution >= 0.6 is 11.6 Å². The minimum Gasteiger partial charge on any atom is -0.290 e. The van der Waals surface area contributed by atoms with Crippen molar-refractivity contribution in [1.82, 2.24) is 34.7 Å². The summed E-state index contributed by atoms with van der Waals surface area (Å²) in [6.07, 6.45) is 6.55. The smallest absolute Gasteiger partial charge is 0.290 e. The van der Waals surface area contributed by atoms with E-state index < -0.39 is 0 Å². The molecule has 0 atom stereocenters. The Kier molecular flexibility index (Phi) is 7.34. The minimum atomic E-state index is -0.0321. The van der Waals surface area contributed by atoms with E-state index in [4.69, 9.17) is 11.6 Å². The highest BCUT2D eigenvalue weighted by Gasteiger charge is 2.18. The van der Waals surface area contributed by atoms with Crippen LogP contribution in [-0.4, -0.2) is 34.7 Å². The van der Waals surface area contributed by atoms with Gasteiger partial charge in [-0.25, -0.2) is 4.79 Å². The van der Waals surface area contributed by atoms with Gasteiger partial charge in [-0.15, -0.1) is 10.2 Å². The standard InChI is InChI=1S/C24H28ClN7O/c1-3-5-6-15-31-22(25)20(8-4-2)32(24(31)33)16-17-10-12-18(13-11-17)19-9-7-14-26-21(19)23-27-29-30-28-23/h7,9-14H,3-6,8,15-16H2,1-2H3,(H,27,28,29,30). The van der Waals surface area contributed by atoms with Gasteiger partial charge in [0, 0.05) is 18.3 Å². The van der Waals surface area contributed by atoms with Crippen LogP contribution in [0, 0.1) is 0 Å². The van der Waals surface area contributed by atoms with E-state index in [1.165, 1.54) is 0 Å². The topological polar surface area (TPSA) is 94.3 Å². The highest BCUT2D eigenvalue weighted by atomic mass is 35.5. The number of hydrogen-bond acceptors (Lipinski definition) is 5. The van der Waals surface area contributed by atoms with Gasteiger partial charge in [0.25, 0.3) is 0 Å². The van der Waals surface area contributed by atoms with Crippen LogP contribution in [0.3, 0.4) is 0 Å². The van der Waals surface area contributed by atoms with E-state index in [9.17, 15) is 4.79 Å². The maximum Gasteiger partial charge on any atom is 0.329 e. The molecule has 0 aliphatic carbocycles. The second kappa shape index (κ2) is 10.6. The molecule has 33 heavy (non-hydrogen) atoms. The van der Waals surface area contributed by atoms with Gasteiger partial charge in [0.2, 0.25) is 5.82 Å². The number of tetrazole rings is 1. The van der Waals surface area contributed by atoms with Crippen molar-refractivity contribution in [2.24, 2.45) is 0 Å². The van der Waals surface area contributed by atoms with Crippen molar-refractivity contribution in [2.45, 2.75) is 59.0 Å². The molecule has 0 amide bonds. The third kappa shape index (κ3) is 4.90. The van der Waals surface area contributed by atoms with Crippen molar-refractivity contribution in [3.8, 4) is 22.6 Å². The van der Waals surface area contributed by atoms with E-state index in [0.717, 1.165) is 54.5 Å². The summed E-state index contributed by atoms with van der Waals surface area (Å²) in [6, 6.07) is 12.0. The number of aromatic nitrogens is 7. The third-order valence-electron chi connectivity index (χ3n) is 5.71. The molecule has 0 saturated carbocycles. The van der Waals surface area contributed by atoms with Gasteiger partial charge >= 0.3 is 5.69 Å². The summed E-state index contributed by atoms with van der Waals surface area (Å²) < 4.78 is 3.55. The van der Waals surface area contributed by atoms with E-state index in [-0.39, 0.29) is 5.69 Å². The Bertz CT molecular complexity index is 1240. The first-order chi connectivity index (χ1) is 16.1. The van der Waals surface area contributed by atoms with E-state index in [1.54, 1.807) is 10.8 Å². The quantitative estimate of drug-likeness (QED) is 0.341. The maximum atomic E-state index is 13.2. The van der Waals surface area contributed by atoms with Gasteiger partial charge in [-0.05, 0) is 35.2 Å². The molecule has 0 fully saturated rings. The summed E-state index contributed by atoms with van der Waals surface area (Å²) in [5.74, 6) is 0.449. The highest BCUT2D eigenvalue weighted by Crippen LogP contribution is 2.28. The summed E-state index contributed by atoms with van der Waals surface area (Å²) in [6.45, 7) is 5.40. The molecule has 1 aromatic carbocycles. The van der Waals surface area contributed by atoms with Gasteiger partial charge in [-0.2, -0.15) is 5.21 Å². The van der Waals surface area contributed by atoms with Crippen LogP contribution in [0.5, 0.6) is 0 Å². The van der Waals surface area contributed by atoms with Crippen LogP contribution in [0.15, 0.2) is 47.4 Å². The summed E-state index contributed by atoms with van der Waals surface area (Å²) in [7, 11) is 0. The average Bonchev–Trinajstić information content (AvgIpc) is 3.45. The van der Waals surface area contributed by atoms with Gasteiger partial charge in [0.05, 0.1) is 12.2 Å². The van der Waals surface area contributed by atoms with Gasteiger partial charge < -0.3 is 0 Å². The van der Waals surface area contributed by atoms with Crippen molar-refractivity contribution < 1.29 is 0 Å². The lowest BCUT2D eigenvalue weighted by Gasteiger charge is -2.09. The van der Waals surface area contributed by atoms with Gasteiger partial charge in [0.15, 0.2) is 0 Å². The van der Waals surface area contributed by atoms with Crippen molar-refractivity contribution in [2.75, 3.05) is 0 Å². The lowest BCUT2D eigenvalue weighted by molar-refractivity contribution is 0.573. The Morgan fingerprint density at radius 3 is 2.55 bits per heavy atom. The Morgan fingerprint density at radius 1 is 1.03 bits per heavy atom. The summed E-state index contributed by atoms with van der Waals surface area (Å²) in [4.78, 5) is 17.6. The molecule has 8 nitrogen and oxygen atoms in total. The Labute approximate surface area is 197 Å². The molecule has 0 radical (unpaired) electrons. The van der Waals surface area contributed by atoms with Crippen molar-refractivity contribution in [3.63, 3.8) is 0 Å². The molecule has 3 heterocycles. The van der Waals surface area contributed by atoms with Crippen molar-refractivity contribution in [1.29, 1.82) is 0 Å². The van der Waals surface area contributed by atoms with Crippen molar-refractivity contribution in [3.05, 3.63) is 69.5 Å². The van der Waals surface area contributed by atoms with Crippen LogP contribution in [0.25, 0.3) is 22.6 Å². The highest BCUT2D eigenvalue weighted by molar-refractivity contribution is 6.30. The number of benzene rings is 1. The molecule has 9 heteroatoms. The van der Waals surface area contributed by atoms with Crippen molar-refractivity contribution >= 4 is 11.6 Å². The summed E-state index contributed by atoms with van der Waals surface area (Å²) in [5, 5.41) is 14.8. The van der Waals surface area contributed by atoms with Crippen LogP contribution in [0.1, 0.15) is 50.8 Å². The van der Waals surface area contributed by atoms with E-state index in [1.807, 2.05) is 41.0 Å². The lowest BCUT2D eigenvalue weighted by Crippen LogP contribution is -2.25. The Morgan fingerprint density at radius 2 is 1.85 bits per heavy atom. The molecule has 0 aliphatic rings. The second-order valence-electron chi connectivity index (χ2n) is 8.05. The molecule has 172 valence electrons. The molecule has 0 unspecified atom stereocenters. The lowest BCUT2D eigenvalue weighted by atomic mass is 10.0. The van der Waals surface area contributed by atoms with Crippen LogP contribution in [-0.2, 0) is 19.5 Å². The summed E-state index contributed by atoms with van der Waals surface area (Å²) in [5.41, 5.74) is 4.48. The zero-order valence-electron chi connectivity index (χ0n) is 19.0. The number of hydrogen-bond donors (Lipinski definition) is 1. The largest absolute Gasteiger partial charge is 0.329 e. The number of nitrogens with one attached hydrogen (secondary N) is 1. The molecule has 4 rings (SSSR count). The van der Waals surface area contributed by atoms with Crippen LogP contribution in [0.4, 0.5) is 0 Å². The van der Waals surface area contributed by atoms with Gasteiger partial charge in [0.1, 0.15) is 10.8 Å². The number of imidazole rings is 1. The molecule has 0 saturated heterocycles. The van der Waals surface area contributed by atoms with E-state index in [0.29, 0.717) is 29.8 Å². The van der Waals surface area contributed by atoms with E-state index in [2.05, 4.69) is 39.5 Å². The number of H-pyrrole nitrogens is 1. The Balaban J connectivity index is 1.62. The van der Waals surface area contributed by atoms with Crippen LogP contribution < -0.4 is 5.69 Å². The third-order valence-corrected chi connectivity index (χ3v) is 6.13. The molecule has 4 aromatic rings. The fourth-order valence-corrected chi connectivity index (χ4v) is 4.37. The molecule has 3 aromatic heterocycles. The fourth-order valence-electron chi connectivity index (χ4n) is 4.01. The first-order valence-electron chi connectivity index (χ1n) is 11.4. The van der Waals surface area contributed by atoms with E-state index >= 15 is 0 Å². The number of rotatable bonds is 10. The molecule has 0 aliphatic heterocycles. The monoisotopic (exact) mass is 465 g/mol. The normalized spacial score (nSPS) is 11.2. The molecular formula is C24H28ClN7O. The number of aromatic amines is 1. The number of pyridine rings is 1. The zero-order chi connectivity index (χ0) is 23.2. The minimum absolute atomic E-state index is 0.0321.